The standard InChI is InChI=1S/C20H18FN5O4.C2H4/c1-13(2)23-19-22-12-11-18(24-19)25(15-5-3-14(21)4-6-15)20(27)30-17-9-7-16(8-10-17)26(28)29;1-2/h3-13H,1-2H3,(H,22,23,24);1-2H2. The lowest BCUT2D eigenvalue weighted by Crippen LogP contribution is -2.30. The van der Waals surface area contributed by atoms with Gasteiger partial charge in [0.1, 0.15) is 17.4 Å². The molecule has 1 heterocycles. The summed E-state index contributed by atoms with van der Waals surface area (Å²) in [6.07, 6.45) is 0.646. The summed E-state index contributed by atoms with van der Waals surface area (Å²) < 4.78 is 18.7. The minimum absolute atomic E-state index is 0.0617. The fourth-order valence-electron chi connectivity index (χ4n) is 2.51. The number of hydrogen-bond donors (Lipinski definition) is 1. The highest BCUT2D eigenvalue weighted by Gasteiger charge is 2.23. The van der Waals surface area contributed by atoms with Crippen molar-refractivity contribution in [2.45, 2.75) is 19.9 Å². The van der Waals surface area contributed by atoms with Gasteiger partial charge < -0.3 is 10.1 Å². The first-order valence-electron chi connectivity index (χ1n) is 9.45. The number of carbonyl (C=O) groups is 1. The van der Waals surface area contributed by atoms with E-state index in [4.69, 9.17) is 4.74 Å². The molecule has 32 heavy (non-hydrogen) atoms. The molecule has 0 radical (unpaired) electrons. The van der Waals surface area contributed by atoms with Crippen LogP contribution in [0.4, 0.5) is 32.3 Å². The topological polar surface area (TPSA) is 110 Å². The lowest BCUT2D eigenvalue weighted by molar-refractivity contribution is -0.384. The lowest BCUT2D eigenvalue weighted by atomic mass is 10.3. The average molecular weight is 439 g/mol. The van der Waals surface area contributed by atoms with Crippen molar-refractivity contribution in [3.8, 4) is 5.75 Å². The van der Waals surface area contributed by atoms with E-state index in [0.29, 0.717) is 11.6 Å². The molecule has 166 valence electrons. The summed E-state index contributed by atoms with van der Waals surface area (Å²) in [5, 5.41) is 13.8. The van der Waals surface area contributed by atoms with Crippen LogP contribution >= 0.6 is 0 Å². The van der Waals surface area contributed by atoms with Gasteiger partial charge in [0.15, 0.2) is 0 Å². The van der Waals surface area contributed by atoms with Gasteiger partial charge in [0.25, 0.3) is 5.69 Å². The molecule has 1 aromatic heterocycles. The van der Waals surface area contributed by atoms with Crippen LogP contribution in [0.5, 0.6) is 5.75 Å². The molecule has 0 spiro atoms. The van der Waals surface area contributed by atoms with Gasteiger partial charge in [-0.2, -0.15) is 4.98 Å². The van der Waals surface area contributed by atoms with Crippen LogP contribution in [0.15, 0.2) is 74.0 Å². The minimum atomic E-state index is -0.829. The van der Waals surface area contributed by atoms with Crippen LogP contribution < -0.4 is 15.0 Å². The normalized spacial score (nSPS) is 10.0. The Morgan fingerprint density at radius 1 is 1.12 bits per heavy atom. The van der Waals surface area contributed by atoms with Crippen LogP contribution in [-0.4, -0.2) is 27.0 Å². The summed E-state index contributed by atoms with van der Waals surface area (Å²) in [7, 11) is 0. The number of ether oxygens (including phenoxy) is 1. The van der Waals surface area contributed by atoms with Crippen LogP contribution in [0.25, 0.3) is 0 Å². The summed E-state index contributed by atoms with van der Waals surface area (Å²) in [6, 6.07) is 11.9. The van der Waals surface area contributed by atoms with E-state index in [1.807, 2.05) is 13.8 Å². The molecule has 0 aliphatic rings. The molecule has 10 heteroatoms. The van der Waals surface area contributed by atoms with Crippen LogP contribution in [0.3, 0.4) is 0 Å². The summed E-state index contributed by atoms with van der Waals surface area (Å²) in [4.78, 5) is 32.8. The number of hydrogen-bond acceptors (Lipinski definition) is 7. The van der Waals surface area contributed by atoms with E-state index in [0.717, 1.165) is 4.90 Å². The third-order valence-electron chi connectivity index (χ3n) is 3.81. The van der Waals surface area contributed by atoms with E-state index >= 15 is 0 Å². The molecule has 0 aliphatic heterocycles. The zero-order chi connectivity index (χ0) is 23.7. The maximum atomic E-state index is 13.4. The predicted molar refractivity (Wildman–Crippen MR) is 120 cm³/mol. The lowest BCUT2D eigenvalue weighted by Gasteiger charge is -2.22. The Morgan fingerprint density at radius 3 is 2.31 bits per heavy atom. The average Bonchev–Trinajstić information content (AvgIpc) is 2.77. The second-order valence-corrected chi connectivity index (χ2v) is 6.47. The molecule has 3 rings (SSSR count). The monoisotopic (exact) mass is 439 g/mol. The molecule has 9 nitrogen and oxygen atoms in total. The highest BCUT2D eigenvalue weighted by molar-refractivity contribution is 5.96. The number of nitro groups is 1. The number of amides is 1. The number of nitrogens with one attached hydrogen (secondary N) is 1. The number of anilines is 3. The molecule has 0 bridgehead atoms. The Balaban J connectivity index is 0.00000176. The number of rotatable bonds is 6. The van der Waals surface area contributed by atoms with Crippen molar-refractivity contribution < 1.29 is 18.8 Å². The van der Waals surface area contributed by atoms with Crippen LogP contribution in [0.1, 0.15) is 13.8 Å². The van der Waals surface area contributed by atoms with E-state index in [9.17, 15) is 19.3 Å². The van der Waals surface area contributed by atoms with Crippen LogP contribution in [0, 0.1) is 15.9 Å². The van der Waals surface area contributed by atoms with Crippen molar-refractivity contribution in [3.05, 3.63) is 89.9 Å². The third kappa shape index (κ3) is 6.33. The summed E-state index contributed by atoms with van der Waals surface area (Å²) >= 11 is 0. The molecular weight excluding hydrogens is 417 g/mol. The zero-order valence-electron chi connectivity index (χ0n) is 17.6. The molecule has 2 aromatic carbocycles. The van der Waals surface area contributed by atoms with Gasteiger partial charge in [-0.15, -0.1) is 13.2 Å². The second kappa shape index (κ2) is 11.2. The zero-order valence-corrected chi connectivity index (χ0v) is 17.6. The highest BCUT2D eigenvalue weighted by Crippen LogP contribution is 2.27. The second-order valence-electron chi connectivity index (χ2n) is 6.47. The maximum Gasteiger partial charge on any atom is 0.425 e. The first kappa shape index (κ1) is 23.9. The van der Waals surface area contributed by atoms with Crippen molar-refractivity contribution in [2.75, 3.05) is 10.2 Å². The molecule has 3 aromatic rings. The Kier molecular flexibility index (Phi) is 8.35. The minimum Gasteiger partial charge on any atom is -0.410 e. The number of halogens is 1. The Hall–Kier alpha value is -4.34. The molecule has 0 fully saturated rings. The largest absolute Gasteiger partial charge is 0.425 e. The first-order chi connectivity index (χ1) is 15.3. The number of carbonyl (C=O) groups excluding carboxylic acids is 1. The van der Waals surface area contributed by atoms with Gasteiger partial charge in [-0.05, 0) is 50.2 Å². The number of non-ortho nitro benzene ring substituents is 1. The molecule has 0 saturated carbocycles. The Bertz CT molecular complexity index is 1060. The first-order valence-corrected chi connectivity index (χ1v) is 9.45. The number of nitro benzene ring substituents is 1. The van der Waals surface area contributed by atoms with Gasteiger partial charge in [0.05, 0.1) is 10.6 Å². The van der Waals surface area contributed by atoms with Crippen LogP contribution in [-0.2, 0) is 0 Å². The quantitative estimate of drug-likeness (QED) is 0.307. The van der Waals surface area contributed by atoms with E-state index in [2.05, 4.69) is 28.4 Å². The van der Waals surface area contributed by atoms with E-state index < -0.39 is 16.8 Å². The van der Waals surface area contributed by atoms with E-state index in [1.165, 1.54) is 60.8 Å². The van der Waals surface area contributed by atoms with Crippen molar-refractivity contribution >= 4 is 29.2 Å². The fraction of sp³-hybridized carbons (Fsp3) is 0.136. The van der Waals surface area contributed by atoms with Gasteiger partial charge in [-0.1, -0.05) is 0 Å². The number of benzene rings is 2. The van der Waals surface area contributed by atoms with Crippen molar-refractivity contribution in [3.63, 3.8) is 0 Å². The van der Waals surface area contributed by atoms with E-state index in [1.54, 1.807) is 0 Å². The van der Waals surface area contributed by atoms with E-state index in [-0.39, 0.29) is 23.3 Å². The molecule has 1 N–H and O–H groups in total. The molecular formula is C22H22FN5O4. The Labute approximate surface area is 184 Å². The van der Waals surface area contributed by atoms with Gasteiger partial charge in [0, 0.05) is 30.4 Å². The number of aromatic nitrogens is 2. The smallest absolute Gasteiger partial charge is 0.410 e. The number of nitrogens with zero attached hydrogens (tertiary/aromatic N) is 4. The molecule has 0 aliphatic carbocycles. The molecule has 0 unspecified atom stereocenters. The molecule has 1 amide bonds. The SMILES string of the molecule is C=C.CC(C)Nc1nccc(N(C(=O)Oc2ccc([N+](=O)[O-])cc2)c2ccc(F)cc2)n1. The maximum absolute atomic E-state index is 13.4. The summed E-state index contributed by atoms with van der Waals surface area (Å²) in [5.74, 6) is 0.143. The predicted octanol–water partition coefficient (Wildman–Crippen LogP) is 5.48. The van der Waals surface area contributed by atoms with Gasteiger partial charge >= 0.3 is 6.09 Å². The third-order valence-corrected chi connectivity index (χ3v) is 3.81. The van der Waals surface area contributed by atoms with Gasteiger partial charge in [0.2, 0.25) is 5.95 Å². The van der Waals surface area contributed by atoms with Crippen molar-refractivity contribution in [2.24, 2.45) is 0 Å². The molecule has 0 saturated heterocycles. The Morgan fingerprint density at radius 2 is 1.75 bits per heavy atom. The van der Waals surface area contributed by atoms with Crippen molar-refractivity contribution in [1.82, 2.24) is 9.97 Å². The van der Waals surface area contributed by atoms with Crippen molar-refractivity contribution in [1.29, 1.82) is 0 Å². The van der Waals surface area contributed by atoms with Gasteiger partial charge in [-0.3, -0.25) is 10.1 Å². The summed E-state index contributed by atoms with van der Waals surface area (Å²) in [6.45, 7) is 9.83. The van der Waals surface area contributed by atoms with Crippen LogP contribution in [0.2, 0.25) is 0 Å². The highest BCUT2D eigenvalue weighted by atomic mass is 19.1. The molecule has 0 atom stereocenters. The van der Waals surface area contributed by atoms with Gasteiger partial charge in [-0.25, -0.2) is 19.1 Å². The fourth-order valence-corrected chi connectivity index (χ4v) is 2.51. The summed E-state index contributed by atoms with van der Waals surface area (Å²) in [5.41, 5.74) is 0.183.